The van der Waals surface area contributed by atoms with Crippen LogP contribution in [0.4, 0.5) is 14.5 Å². The SMILES string of the molecule is CC(C(=O)Nc1ccccc1OC(F)F)N(C)CCCOc1ccccc1. The summed E-state index contributed by atoms with van der Waals surface area (Å²) in [5.74, 6) is 0.445. The monoisotopic (exact) mass is 378 g/mol. The summed E-state index contributed by atoms with van der Waals surface area (Å²) >= 11 is 0. The molecule has 0 aromatic heterocycles. The van der Waals surface area contributed by atoms with Gasteiger partial charge in [0.05, 0.1) is 18.3 Å². The van der Waals surface area contributed by atoms with Crippen LogP contribution in [0.5, 0.6) is 11.5 Å². The van der Waals surface area contributed by atoms with Gasteiger partial charge in [0.25, 0.3) is 0 Å². The lowest BCUT2D eigenvalue weighted by Gasteiger charge is -2.24. The summed E-state index contributed by atoms with van der Waals surface area (Å²) in [7, 11) is 1.83. The van der Waals surface area contributed by atoms with E-state index in [1.54, 1.807) is 19.1 Å². The maximum atomic E-state index is 12.5. The van der Waals surface area contributed by atoms with Crippen LogP contribution in [0.15, 0.2) is 54.6 Å². The van der Waals surface area contributed by atoms with Gasteiger partial charge < -0.3 is 14.8 Å². The Morgan fingerprint density at radius 3 is 2.48 bits per heavy atom. The van der Waals surface area contributed by atoms with Gasteiger partial charge in [-0.1, -0.05) is 30.3 Å². The first kappa shape index (κ1) is 20.6. The first-order valence-corrected chi connectivity index (χ1v) is 8.70. The minimum atomic E-state index is -2.95. The molecule has 146 valence electrons. The third kappa shape index (κ3) is 6.86. The molecule has 0 aliphatic carbocycles. The highest BCUT2D eigenvalue weighted by molar-refractivity contribution is 5.95. The highest BCUT2D eigenvalue weighted by Gasteiger charge is 2.19. The lowest BCUT2D eigenvalue weighted by molar-refractivity contribution is -0.120. The molecule has 1 N–H and O–H groups in total. The van der Waals surface area contributed by atoms with Crippen LogP contribution < -0.4 is 14.8 Å². The van der Waals surface area contributed by atoms with E-state index >= 15 is 0 Å². The highest BCUT2D eigenvalue weighted by Crippen LogP contribution is 2.25. The van der Waals surface area contributed by atoms with Gasteiger partial charge in [0.15, 0.2) is 0 Å². The lowest BCUT2D eigenvalue weighted by Crippen LogP contribution is -2.40. The van der Waals surface area contributed by atoms with E-state index in [1.165, 1.54) is 12.1 Å². The van der Waals surface area contributed by atoms with Crippen LogP contribution in [0.3, 0.4) is 0 Å². The van der Waals surface area contributed by atoms with Gasteiger partial charge in [0.2, 0.25) is 5.91 Å². The predicted octanol–water partition coefficient (Wildman–Crippen LogP) is 4.02. The summed E-state index contributed by atoms with van der Waals surface area (Å²) in [6.45, 7) is -0.0123. The molecule has 0 radical (unpaired) electrons. The van der Waals surface area contributed by atoms with Crippen molar-refractivity contribution in [1.29, 1.82) is 0 Å². The topological polar surface area (TPSA) is 50.8 Å². The van der Waals surface area contributed by atoms with Gasteiger partial charge in [0, 0.05) is 6.54 Å². The molecule has 0 aliphatic heterocycles. The Labute approximate surface area is 157 Å². The number of anilines is 1. The molecule has 0 bridgehead atoms. The molecule has 0 heterocycles. The number of hydrogen-bond donors (Lipinski definition) is 1. The van der Waals surface area contributed by atoms with Crippen molar-refractivity contribution in [1.82, 2.24) is 4.90 Å². The normalized spacial score (nSPS) is 12.1. The van der Waals surface area contributed by atoms with E-state index in [9.17, 15) is 13.6 Å². The smallest absolute Gasteiger partial charge is 0.387 e. The summed E-state index contributed by atoms with van der Waals surface area (Å²) in [5.41, 5.74) is 0.218. The van der Waals surface area contributed by atoms with Crippen LogP contribution in [0.1, 0.15) is 13.3 Å². The highest BCUT2D eigenvalue weighted by atomic mass is 19.3. The van der Waals surface area contributed by atoms with Crippen molar-refractivity contribution in [2.24, 2.45) is 0 Å². The van der Waals surface area contributed by atoms with Gasteiger partial charge in [-0.2, -0.15) is 8.78 Å². The van der Waals surface area contributed by atoms with E-state index < -0.39 is 12.7 Å². The number of benzene rings is 2. The Bertz CT molecular complexity index is 713. The first-order valence-electron chi connectivity index (χ1n) is 8.70. The summed E-state index contributed by atoms with van der Waals surface area (Å²) < 4.78 is 35.0. The standard InChI is InChI=1S/C20H24F2N2O3/c1-15(24(2)13-8-14-26-16-9-4-3-5-10-16)19(25)23-17-11-6-7-12-18(17)27-20(21)22/h3-7,9-12,15,20H,8,13-14H2,1-2H3,(H,23,25). The quantitative estimate of drug-likeness (QED) is 0.635. The van der Waals surface area contributed by atoms with Gasteiger partial charge in [-0.25, -0.2) is 0 Å². The number of carbonyl (C=O) groups excluding carboxylic acids is 1. The number of ether oxygens (including phenoxy) is 2. The second-order valence-electron chi connectivity index (χ2n) is 6.04. The minimum Gasteiger partial charge on any atom is -0.494 e. The molecule has 1 unspecified atom stereocenters. The van der Waals surface area contributed by atoms with Gasteiger partial charge >= 0.3 is 6.61 Å². The zero-order valence-corrected chi connectivity index (χ0v) is 15.4. The third-order valence-corrected chi connectivity index (χ3v) is 4.07. The largest absolute Gasteiger partial charge is 0.494 e. The van der Waals surface area contributed by atoms with Crippen molar-refractivity contribution in [2.75, 3.05) is 25.5 Å². The molecule has 7 heteroatoms. The van der Waals surface area contributed by atoms with E-state index in [4.69, 9.17) is 4.74 Å². The van der Waals surface area contributed by atoms with Gasteiger partial charge in [-0.15, -0.1) is 0 Å². The number of halogens is 2. The number of carbonyl (C=O) groups is 1. The Balaban J connectivity index is 1.80. The van der Waals surface area contributed by atoms with E-state index in [0.29, 0.717) is 13.2 Å². The van der Waals surface area contributed by atoms with Gasteiger partial charge in [0.1, 0.15) is 11.5 Å². The van der Waals surface area contributed by atoms with Crippen LogP contribution in [0.2, 0.25) is 0 Å². The molecule has 0 aliphatic rings. The molecular formula is C20H24F2N2O3. The minimum absolute atomic E-state index is 0.0630. The maximum Gasteiger partial charge on any atom is 0.387 e. The van der Waals surface area contributed by atoms with Crippen LogP contribution in [-0.4, -0.2) is 43.7 Å². The number of likely N-dealkylation sites (N-methyl/N-ethyl adjacent to an activating group) is 1. The number of alkyl halides is 2. The second-order valence-corrected chi connectivity index (χ2v) is 6.04. The van der Waals surface area contributed by atoms with Gasteiger partial charge in [-0.3, -0.25) is 9.69 Å². The summed E-state index contributed by atoms with van der Waals surface area (Å²) in [5, 5.41) is 2.64. The molecule has 27 heavy (non-hydrogen) atoms. The number of nitrogens with zero attached hydrogens (tertiary/aromatic N) is 1. The summed E-state index contributed by atoms with van der Waals surface area (Å²) in [6.07, 6.45) is 0.744. The van der Waals surface area contributed by atoms with Crippen molar-refractivity contribution in [3.05, 3.63) is 54.6 Å². The molecular weight excluding hydrogens is 354 g/mol. The average Bonchev–Trinajstić information content (AvgIpc) is 2.66. The lowest BCUT2D eigenvalue weighted by atomic mass is 10.2. The van der Waals surface area contributed by atoms with Crippen molar-refractivity contribution in [3.63, 3.8) is 0 Å². The zero-order chi connectivity index (χ0) is 19.6. The number of rotatable bonds is 10. The molecule has 0 spiro atoms. The van der Waals surface area contributed by atoms with Crippen LogP contribution in [0, 0.1) is 0 Å². The maximum absolute atomic E-state index is 12.5. The van der Waals surface area contributed by atoms with Crippen molar-refractivity contribution in [3.8, 4) is 11.5 Å². The van der Waals surface area contributed by atoms with E-state index in [1.807, 2.05) is 42.3 Å². The van der Waals surface area contributed by atoms with Gasteiger partial charge in [-0.05, 0) is 44.7 Å². The fourth-order valence-electron chi connectivity index (χ4n) is 2.42. The van der Waals surface area contributed by atoms with Crippen LogP contribution in [-0.2, 0) is 4.79 Å². The second kappa shape index (κ2) is 10.5. The number of hydrogen-bond acceptors (Lipinski definition) is 4. The van der Waals surface area contributed by atoms with Crippen molar-refractivity contribution >= 4 is 11.6 Å². The molecule has 1 atom stereocenters. The molecule has 0 fully saturated rings. The Kier molecular flexibility index (Phi) is 8.00. The van der Waals surface area contributed by atoms with E-state index in [0.717, 1.165) is 12.2 Å². The van der Waals surface area contributed by atoms with Crippen molar-refractivity contribution in [2.45, 2.75) is 26.0 Å². The first-order chi connectivity index (χ1) is 13.0. The Hall–Kier alpha value is -2.67. The zero-order valence-electron chi connectivity index (χ0n) is 15.4. The molecule has 0 saturated heterocycles. The average molecular weight is 378 g/mol. The fraction of sp³-hybridized carbons (Fsp3) is 0.350. The number of nitrogens with one attached hydrogen (secondary N) is 1. The van der Waals surface area contributed by atoms with Crippen LogP contribution in [0.25, 0.3) is 0 Å². The predicted molar refractivity (Wildman–Crippen MR) is 100 cm³/mol. The number of amides is 1. The Morgan fingerprint density at radius 1 is 1.11 bits per heavy atom. The van der Waals surface area contributed by atoms with E-state index in [2.05, 4.69) is 10.1 Å². The molecule has 1 amide bonds. The molecule has 2 aromatic rings. The molecule has 2 rings (SSSR count). The van der Waals surface area contributed by atoms with E-state index in [-0.39, 0.29) is 17.3 Å². The molecule has 2 aromatic carbocycles. The Morgan fingerprint density at radius 2 is 1.78 bits per heavy atom. The van der Waals surface area contributed by atoms with Crippen molar-refractivity contribution < 1.29 is 23.0 Å². The van der Waals surface area contributed by atoms with Crippen LogP contribution >= 0.6 is 0 Å². The fourth-order valence-corrected chi connectivity index (χ4v) is 2.42. The molecule has 0 saturated carbocycles. The summed E-state index contributed by atoms with van der Waals surface area (Å²) in [6, 6.07) is 15.2. The molecule has 5 nitrogen and oxygen atoms in total. The number of para-hydroxylation sites is 3. The summed E-state index contributed by atoms with van der Waals surface area (Å²) in [4.78, 5) is 14.3. The third-order valence-electron chi connectivity index (χ3n) is 4.07.